The van der Waals surface area contributed by atoms with Crippen LogP contribution in [0.4, 0.5) is 8.78 Å². The van der Waals surface area contributed by atoms with Gasteiger partial charge in [-0.05, 0) is 37.8 Å². The first-order valence-electron chi connectivity index (χ1n) is 8.17. The molecule has 8 heteroatoms. The number of likely N-dealkylation sites (tertiary alicyclic amines) is 1. The van der Waals surface area contributed by atoms with Gasteiger partial charge >= 0.3 is 0 Å². The molecule has 2 saturated heterocycles. The SMILES string of the molecule is O=C([C@@H]1CCCCN1S(=O)(=O)c1ccc(F)cc1F)N1CCCC1. The molecule has 1 atom stereocenters. The molecule has 132 valence electrons. The van der Waals surface area contributed by atoms with E-state index in [2.05, 4.69) is 0 Å². The number of carbonyl (C=O) groups excluding carboxylic acids is 1. The highest BCUT2D eigenvalue weighted by molar-refractivity contribution is 7.89. The zero-order valence-electron chi connectivity index (χ0n) is 13.2. The lowest BCUT2D eigenvalue weighted by atomic mass is 10.0. The van der Waals surface area contributed by atoms with Gasteiger partial charge in [-0.2, -0.15) is 4.31 Å². The van der Waals surface area contributed by atoms with Crippen LogP contribution in [0.2, 0.25) is 0 Å². The Balaban J connectivity index is 1.92. The van der Waals surface area contributed by atoms with Crippen LogP contribution in [0, 0.1) is 11.6 Å². The maximum atomic E-state index is 14.0. The van der Waals surface area contributed by atoms with Crippen LogP contribution in [-0.4, -0.2) is 49.2 Å². The molecule has 5 nitrogen and oxygen atoms in total. The molecule has 2 aliphatic rings. The summed E-state index contributed by atoms with van der Waals surface area (Å²) in [5.41, 5.74) is 0. The molecule has 3 rings (SSSR count). The molecule has 0 radical (unpaired) electrons. The second-order valence-corrected chi connectivity index (χ2v) is 8.09. The van der Waals surface area contributed by atoms with Gasteiger partial charge in [0.05, 0.1) is 0 Å². The van der Waals surface area contributed by atoms with Crippen molar-refractivity contribution < 1.29 is 22.0 Å². The van der Waals surface area contributed by atoms with E-state index in [1.54, 1.807) is 4.90 Å². The van der Waals surface area contributed by atoms with Crippen molar-refractivity contribution in [2.24, 2.45) is 0 Å². The first kappa shape index (κ1) is 17.3. The van der Waals surface area contributed by atoms with E-state index in [1.165, 1.54) is 0 Å². The fourth-order valence-corrected chi connectivity index (χ4v) is 5.10. The third-order valence-electron chi connectivity index (χ3n) is 4.64. The maximum absolute atomic E-state index is 14.0. The van der Waals surface area contributed by atoms with Crippen molar-refractivity contribution >= 4 is 15.9 Å². The van der Waals surface area contributed by atoms with Crippen molar-refractivity contribution in [3.05, 3.63) is 29.8 Å². The first-order valence-corrected chi connectivity index (χ1v) is 9.61. The standard InChI is InChI=1S/C16H20F2N2O3S/c17-12-6-7-15(13(18)11-12)24(22,23)20-10-2-1-5-14(20)16(21)19-8-3-4-9-19/h6-7,11,14H,1-5,8-10H2/t14-/m0/s1. The number of hydrogen-bond acceptors (Lipinski definition) is 3. The summed E-state index contributed by atoms with van der Waals surface area (Å²) in [6.07, 6.45) is 3.63. The van der Waals surface area contributed by atoms with Gasteiger partial charge in [0, 0.05) is 25.7 Å². The van der Waals surface area contributed by atoms with Crippen LogP contribution in [0.25, 0.3) is 0 Å². The predicted octanol–water partition coefficient (Wildman–Crippen LogP) is 2.13. The Bertz CT molecular complexity index is 733. The Labute approximate surface area is 140 Å². The average Bonchev–Trinajstić information content (AvgIpc) is 3.08. The van der Waals surface area contributed by atoms with Crippen LogP contribution >= 0.6 is 0 Å². The molecule has 0 N–H and O–H groups in total. The van der Waals surface area contributed by atoms with Crippen LogP contribution in [0.15, 0.2) is 23.1 Å². The zero-order valence-corrected chi connectivity index (χ0v) is 14.1. The minimum Gasteiger partial charge on any atom is -0.341 e. The van der Waals surface area contributed by atoms with Crippen molar-refractivity contribution in [3.8, 4) is 0 Å². The topological polar surface area (TPSA) is 57.7 Å². The predicted molar refractivity (Wildman–Crippen MR) is 83.7 cm³/mol. The lowest BCUT2D eigenvalue weighted by molar-refractivity contribution is -0.135. The molecule has 1 aromatic carbocycles. The van der Waals surface area contributed by atoms with Gasteiger partial charge in [0.15, 0.2) is 0 Å². The highest BCUT2D eigenvalue weighted by Gasteiger charge is 2.40. The van der Waals surface area contributed by atoms with Crippen LogP contribution in [0.1, 0.15) is 32.1 Å². The van der Waals surface area contributed by atoms with E-state index >= 15 is 0 Å². The van der Waals surface area contributed by atoms with E-state index in [4.69, 9.17) is 0 Å². The van der Waals surface area contributed by atoms with Crippen molar-refractivity contribution in [1.29, 1.82) is 0 Å². The number of carbonyl (C=O) groups is 1. The lowest BCUT2D eigenvalue weighted by Crippen LogP contribution is -2.52. The monoisotopic (exact) mass is 358 g/mol. The van der Waals surface area contributed by atoms with Gasteiger partial charge in [-0.25, -0.2) is 17.2 Å². The van der Waals surface area contributed by atoms with Crippen LogP contribution in [-0.2, 0) is 14.8 Å². The molecule has 2 fully saturated rings. The summed E-state index contributed by atoms with van der Waals surface area (Å²) in [6, 6.07) is 1.59. The van der Waals surface area contributed by atoms with Gasteiger partial charge in [0.2, 0.25) is 15.9 Å². The zero-order chi connectivity index (χ0) is 17.3. The van der Waals surface area contributed by atoms with E-state index in [1.807, 2.05) is 0 Å². The van der Waals surface area contributed by atoms with E-state index < -0.39 is 32.6 Å². The Kier molecular flexibility index (Phi) is 4.87. The summed E-state index contributed by atoms with van der Waals surface area (Å²) in [7, 11) is -4.19. The van der Waals surface area contributed by atoms with E-state index in [0.717, 1.165) is 35.7 Å². The number of rotatable bonds is 3. The van der Waals surface area contributed by atoms with Crippen LogP contribution in [0.5, 0.6) is 0 Å². The molecule has 2 aliphatic heterocycles. The number of hydrogen-bond donors (Lipinski definition) is 0. The molecule has 0 bridgehead atoms. The van der Waals surface area contributed by atoms with Crippen molar-refractivity contribution in [3.63, 3.8) is 0 Å². The Morgan fingerprint density at radius 2 is 1.71 bits per heavy atom. The molecule has 0 saturated carbocycles. The van der Waals surface area contributed by atoms with Gasteiger partial charge in [-0.3, -0.25) is 4.79 Å². The largest absolute Gasteiger partial charge is 0.341 e. The molecular formula is C16H20F2N2O3S. The lowest BCUT2D eigenvalue weighted by Gasteiger charge is -2.35. The van der Waals surface area contributed by atoms with E-state index in [0.29, 0.717) is 32.0 Å². The molecule has 1 amide bonds. The van der Waals surface area contributed by atoms with Crippen molar-refractivity contribution in [1.82, 2.24) is 9.21 Å². The number of sulfonamides is 1. The number of amides is 1. The normalized spacial score (nSPS) is 22.8. The molecule has 2 heterocycles. The van der Waals surface area contributed by atoms with Gasteiger partial charge in [-0.15, -0.1) is 0 Å². The van der Waals surface area contributed by atoms with Gasteiger partial charge in [0.25, 0.3) is 0 Å². The first-order chi connectivity index (χ1) is 11.4. The van der Waals surface area contributed by atoms with Crippen molar-refractivity contribution in [2.45, 2.75) is 43.0 Å². The molecule has 0 aliphatic carbocycles. The van der Waals surface area contributed by atoms with Crippen molar-refractivity contribution in [2.75, 3.05) is 19.6 Å². The average molecular weight is 358 g/mol. The minimum atomic E-state index is -4.19. The van der Waals surface area contributed by atoms with Crippen LogP contribution < -0.4 is 0 Å². The van der Waals surface area contributed by atoms with Crippen LogP contribution in [0.3, 0.4) is 0 Å². The fourth-order valence-electron chi connectivity index (χ4n) is 3.40. The quantitative estimate of drug-likeness (QED) is 0.832. The summed E-state index contributed by atoms with van der Waals surface area (Å²) in [5, 5.41) is 0. The number of halogens is 2. The summed E-state index contributed by atoms with van der Waals surface area (Å²) < 4.78 is 53.8. The molecule has 24 heavy (non-hydrogen) atoms. The minimum absolute atomic E-state index is 0.170. The Hall–Kier alpha value is -1.54. The number of piperidine rings is 1. The third-order valence-corrected chi connectivity index (χ3v) is 6.58. The van der Waals surface area contributed by atoms with E-state index in [9.17, 15) is 22.0 Å². The fraction of sp³-hybridized carbons (Fsp3) is 0.562. The third kappa shape index (κ3) is 3.17. The summed E-state index contributed by atoms with van der Waals surface area (Å²) in [6.45, 7) is 1.44. The second-order valence-electron chi connectivity index (χ2n) is 6.23. The number of benzene rings is 1. The second kappa shape index (κ2) is 6.76. The maximum Gasteiger partial charge on any atom is 0.246 e. The van der Waals surface area contributed by atoms with Gasteiger partial charge in [0.1, 0.15) is 22.6 Å². The molecular weight excluding hydrogens is 338 g/mol. The highest BCUT2D eigenvalue weighted by Crippen LogP contribution is 2.29. The molecule has 0 aromatic heterocycles. The Morgan fingerprint density at radius 1 is 1.04 bits per heavy atom. The molecule has 1 aromatic rings. The molecule has 0 unspecified atom stereocenters. The summed E-state index contributed by atoms with van der Waals surface area (Å²) in [4.78, 5) is 13.8. The van der Waals surface area contributed by atoms with E-state index in [-0.39, 0.29) is 12.5 Å². The highest BCUT2D eigenvalue weighted by atomic mass is 32.2. The van der Waals surface area contributed by atoms with Gasteiger partial charge in [-0.1, -0.05) is 6.42 Å². The van der Waals surface area contributed by atoms with Gasteiger partial charge < -0.3 is 4.90 Å². The number of nitrogens with zero attached hydrogens (tertiary/aromatic N) is 2. The smallest absolute Gasteiger partial charge is 0.246 e. The summed E-state index contributed by atoms with van der Waals surface area (Å²) >= 11 is 0. The summed E-state index contributed by atoms with van der Waals surface area (Å²) in [5.74, 6) is -2.18. The molecule has 0 spiro atoms. The Morgan fingerprint density at radius 3 is 2.38 bits per heavy atom.